The molecule has 0 bridgehead atoms. The van der Waals surface area contributed by atoms with E-state index in [9.17, 15) is 4.39 Å². The second-order valence-corrected chi connectivity index (χ2v) is 5.51. The Hall–Kier alpha value is -1.13. The van der Waals surface area contributed by atoms with Crippen molar-refractivity contribution in [2.45, 2.75) is 31.2 Å². The maximum absolute atomic E-state index is 13.3. The Morgan fingerprint density at radius 2 is 2.16 bits per heavy atom. The molecule has 0 aliphatic carbocycles. The van der Waals surface area contributed by atoms with Gasteiger partial charge in [-0.25, -0.2) is 9.37 Å². The third-order valence-corrected chi connectivity index (χ3v) is 4.15. The van der Waals surface area contributed by atoms with Crippen LogP contribution in [0.3, 0.4) is 0 Å². The van der Waals surface area contributed by atoms with Crippen molar-refractivity contribution in [2.24, 2.45) is 0 Å². The van der Waals surface area contributed by atoms with Gasteiger partial charge in [0.05, 0.1) is 16.9 Å². The fourth-order valence-electron chi connectivity index (χ4n) is 2.83. The number of nitrogens with zero attached hydrogens (tertiary/aromatic N) is 2. The highest BCUT2D eigenvalue weighted by Gasteiger charge is 2.32. The van der Waals surface area contributed by atoms with Crippen LogP contribution in [-0.4, -0.2) is 22.8 Å². The van der Waals surface area contributed by atoms with Crippen LogP contribution in [0.4, 0.5) is 4.39 Å². The van der Waals surface area contributed by atoms with Crippen LogP contribution in [0.25, 0.3) is 11.0 Å². The zero-order valence-corrected chi connectivity index (χ0v) is 11.6. The molecular weight excluding hydrogens is 267 g/mol. The van der Waals surface area contributed by atoms with Crippen LogP contribution < -0.4 is 0 Å². The van der Waals surface area contributed by atoms with Gasteiger partial charge in [0, 0.05) is 24.8 Å². The average molecular weight is 283 g/mol. The molecule has 1 aliphatic rings. The lowest BCUT2D eigenvalue weighted by Gasteiger charge is -2.36. The highest BCUT2D eigenvalue weighted by molar-refractivity contribution is 6.16. The summed E-state index contributed by atoms with van der Waals surface area (Å²) in [6.07, 6.45) is 1.83. The summed E-state index contributed by atoms with van der Waals surface area (Å²) in [5.41, 5.74) is 1.56. The molecule has 0 N–H and O–H groups in total. The summed E-state index contributed by atoms with van der Waals surface area (Å²) >= 11 is 6.02. The smallest absolute Gasteiger partial charge is 0.125 e. The van der Waals surface area contributed by atoms with Crippen LogP contribution in [0.1, 0.15) is 25.6 Å². The van der Waals surface area contributed by atoms with Crippen molar-refractivity contribution in [1.29, 1.82) is 0 Å². The van der Waals surface area contributed by atoms with E-state index in [1.807, 2.05) is 0 Å². The molecule has 0 radical (unpaired) electrons. The molecule has 1 fully saturated rings. The van der Waals surface area contributed by atoms with E-state index in [4.69, 9.17) is 16.3 Å². The number of benzene rings is 1. The first-order valence-corrected chi connectivity index (χ1v) is 6.98. The van der Waals surface area contributed by atoms with E-state index in [0.717, 1.165) is 37.4 Å². The highest BCUT2D eigenvalue weighted by Crippen LogP contribution is 2.34. The summed E-state index contributed by atoms with van der Waals surface area (Å²) in [5, 5.41) is 0. The van der Waals surface area contributed by atoms with Gasteiger partial charge in [0.2, 0.25) is 0 Å². The van der Waals surface area contributed by atoms with E-state index in [-0.39, 0.29) is 11.4 Å². The number of rotatable bonds is 2. The molecule has 5 heteroatoms. The van der Waals surface area contributed by atoms with Gasteiger partial charge in [-0.05, 0) is 31.9 Å². The first-order chi connectivity index (χ1) is 9.14. The molecule has 1 aromatic carbocycles. The number of ether oxygens (including phenoxy) is 1. The third kappa shape index (κ3) is 2.13. The van der Waals surface area contributed by atoms with Crippen molar-refractivity contribution in [2.75, 3.05) is 13.2 Å². The van der Waals surface area contributed by atoms with Crippen molar-refractivity contribution < 1.29 is 9.13 Å². The zero-order valence-electron chi connectivity index (χ0n) is 10.8. The summed E-state index contributed by atoms with van der Waals surface area (Å²) in [4.78, 5) is 4.46. The van der Waals surface area contributed by atoms with Crippen molar-refractivity contribution >= 4 is 22.6 Å². The van der Waals surface area contributed by atoms with E-state index >= 15 is 0 Å². The van der Waals surface area contributed by atoms with Crippen LogP contribution in [0.15, 0.2) is 18.2 Å². The van der Waals surface area contributed by atoms with Gasteiger partial charge in [0.1, 0.15) is 11.6 Å². The Morgan fingerprint density at radius 1 is 1.42 bits per heavy atom. The molecule has 0 atom stereocenters. The standard InChI is InChI=1S/C14H16ClFN2O/c1-14(4-6-19-7-5-14)18-12-3-2-10(16)8-11(12)17-13(18)9-15/h2-3,8H,4-7,9H2,1H3. The largest absolute Gasteiger partial charge is 0.381 e. The minimum Gasteiger partial charge on any atom is -0.381 e. The van der Waals surface area contributed by atoms with E-state index in [2.05, 4.69) is 16.5 Å². The monoisotopic (exact) mass is 282 g/mol. The number of hydrogen-bond acceptors (Lipinski definition) is 2. The van der Waals surface area contributed by atoms with E-state index in [0.29, 0.717) is 11.4 Å². The number of halogens is 2. The molecule has 19 heavy (non-hydrogen) atoms. The number of fused-ring (bicyclic) bond motifs is 1. The zero-order chi connectivity index (χ0) is 13.5. The molecule has 1 saturated heterocycles. The summed E-state index contributed by atoms with van der Waals surface area (Å²) in [7, 11) is 0. The lowest BCUT2D eigenvalue weighted by molar-refractivity contribution is 0.0303. The van der Waals surface area contributed by atoms with Gasteiger partial charge >= 0.3 is 0 Å². The third-order valence-electron chi connectivity index (χ3n) is 3.92. The van der Waals surface area contributed by atoms with Gasteiger partial charge < -0.3 is 9.30 Å². The van der Waals surface area contributed by atoms with Crippen LogP contribution in [0, 0.1) is 5.82 Å². The van der Waals surface area contributed by atoms with Crippen LogP contribution in [0.2, 0.25) is 0 Å². The molecule has 0 unspecified atom stereocenters. The molecule has 1 aliphatic heterocycles. The van der Waals surface area contributed by atoms with Crippen LogP contribution in [0.5, 0.6) is 0 Å². The Kier molecular flexibility index (Phi) is 3.23. The van der Waals surface area contributed by atoms with Crippen molar-refractivity contribution in [1.82, 2.24) is 9.55 Å². The van der Waals surface area contributed by atoms with Crippen molar-refractivity contribution in [3.8, 4) is 0 Å². The van der Waals surface area contributed by atoms with Gasteiger partial charge in [0.25, 0.3) is 0 Å². The molecule has 2 aromatic rings. The molecule has 102 valence electrons. The molecule has 0 spiro atoms. The topological polar surface area (TPSA) is 27.1 Å². The van der Waals surface area contributed by atoms with E-state index in [1.54, 1.807) is 6.07 Å². The van der Waals surface area contributed by atoms with Crippen molar-refractivity contribution in [3.63, 3.8) is 0 Å². The van der Waals surface area contributed by atoms with Crippen LogP contribution in [-0.2, 0) is 16.2 Å². The SMILES string of the molecule is CC1(n2c(CCl)nc3cc(F)ccc32)CCOCC1. The van der Waals surface area contributed by atoms with Gasteiger partial charge in [-0.15, -0.1) is 11.6 Å². The molecular formula is C14H16ClFN2O. The Balaban J connectivity index is 2.20. The Labute approximate surface area is 116 Å². The molecule has 2 heterocycles. The number of imidazole rings is 1. The van der Waals surface area contributed by atoms with Gasteiger partial charge in [0.15, 0.2) is 0 Å². The summed E-state index contributed by atoms with van der Waals surface area (Å²) in [5.74, 6) is 0.856. The molecule has 3 rings (SSSR count). The Bertz CT molecular complexity index is 605. The molecule has 3 nitrogen and oxygen atoms in total. The number of hydrogen-bond donors (Lipinski definition) is 0. The predicted octanol–water partition coefficient (Wildman–Crippen LogP) is 3.44. The fraction of sp³-hybridized carbons (Fsp3) is 0.500. The van der Waals surface area contributed by atoms with Crippen molar-refractivity contribution in [3.05, 3.63) is 29.8 Å². The summed E-state index contributed by atoms with van der Waals surface area (Å²) < 4.78 is 20.9. The first kappa shape index (κ1) is 12.9. The fourth-order valence-corrected chi connectivity index (χ4v) is 3.01. The van der Waals surface area contributed by atoms with E-state index in [1.165, 1.54) is 12.1 Å². The Morgan fingerprint density at radius 3 is 2.84 bits per heavy atom. The number of alkyl halides is 1. The normalized spacial score (nSPS) is 18.9. The van der Waals surface area contributed by atoms with Gasteiger partial charge in [-0.3, -0.25) is 0 Å². The van der Waals surface area contributed by atoms with Gasteiger partial charge in [-0.2, -0.15) is 0 Å². The maximum atomic E-state index is 13.3. The molecule has 0 saturated carbocycles. The van der Waals surface area contributed by atoms with Crippen LogP contribution >= 0.6 is 11.6 Å². The maximum Gasteiger partial charge on any atom is 0.125 e. The summed E-state index contributed by atoms with van der Waals surface area (Å²) in [6.45, 7) is 3.66. The minimum atomic E-state index is -0.268. The second kappa shape index (κ2) is 4.76. The lowest BCUT2D eigenvalue weighted by Crippen LogP contribution is -2.37. The molecule has 0 amide bonds. The van der Waals surface area contributed by atoms with E-state index < -0.39 is 0 Å². The van der Waals surface area contributed by atoms with Gasteiger partial charge in [-0.1, -0.05) is 0 Å². The minimum absolute atomic E-state index is 0.0605. The second-order valence-electron chi connectivity index (χ2n) is 5.24. The molecule has 1 aromatic heterocycles. The summed E-state index contributed by atoms with van der Waals surface area (Å²) in [6, 6.07) is 4.72. The predicted molar refractivity (Wildman–Crippen MR) is 72.9 cm³/mol. The highest BCUT2D eigenvalue weighted by atomic mass is 35.5. The first-order valence-electron chi connectivity index (χ1n) is 6.45. The lowest BCUT2D eigenvalue weighted by atomic mass is 9.91. The average Bonchev–Trinajstić information content (AvgIpc) is 2.77. The number of aromatic nitrogens is 2. The quantitative estimate of drug-likeness (QED) is 0.789.